The van der Waals surface area contributed by atoms with Crippen LogP contribution in [0.3, 0.4) is 0 Å². The van der Waals surface area contributed by atoms with Crippen LogP contribution in [-0.4, -0.2) is 22.8 Å². The lowest BCUT2D eigenvalue weighted by Gasteiger charge is -2.09. The molecule has 5 nitrogen and oxygen atoms in total. The summed E-state index contributed by atoms with van der Waals surface area (Å²) < 4.78 is 50.1. The molecule has 1 aromatic heterocycles. The highest BCUT2D eigenvalue weighted by Crippen LogP contribution is 2.25. The van der Waals surface area contributed by atoms with Crippen molar-refractivity contribution >= 4 is 11.8 Å². The minimum absolute atomic E-state index is 0.0348. The smallest absolute Gasteiger partial charge is 0.484 e. The molecule has 0 saturated carbocycles. The van der Waals surface area contributed by atoms with E-state index >= 15 is 0 Å². The zero-order chi connectivity index (χ0) is 14.6. The van der Waals surface area contributed by atoms with Crippen molar-refractivity contribution in [3.8, 4) is 11.5 Å². The Balaban J connectivity index is 1.90. The Hall–Kier alpha value is -1.90. The maximum absolute atomic E-state index is 12.0. The molecule has 0 aliphatic rings. The van der Waals surface area contributed by atoms with Gasteiger partial charge in [-0.2, -0.15) is 0 Å². The second-order valence-corrected chi connectivity index (χ2v) is 4.23. The molecule has 9 heteroatoms. The van der Waals surface area contributed by atoms with E-state index in [9.17, 15) is 13.2 Å². The van der Waals surface area contributed by atoms with Crippen molar-refractivity contribution in [2.24, 2.45) is 0 Å². The van der Waals surface area contributed by atoms with E-state index in [1.165, 1.54) is 23.9 Å². The molecule has 2 rings (SSSR count). The number of ether oxygens (including phenoxy) is 2. The Labute approximate surface area is 116 Å². The van der Waals surface area contributed by atoms with Crippen LogP contribution >= 0.6 is 11.8 Å². The molecule has 108 valence electrons. The summed E-state index contributed by atoms with van der Waals surface area (Å²) in [4.78, 5) is 0. The molecular formula is C11H9F3N2O3S. The average molecular weight is 306 g/mol. The monoisotopic (exact) mass is 306 g/mol. The van der Waals surface area contributed by atoms with E-state index in [2.05, 4.69) is 14.9 Å². The van der Waals surface area contributed by atoms with Crippen molar-refractivity contribution in [2.75, 3.05) is 6.26 Å². The lowest BCUT2D eigenvalue weighted by atomic mass is 10.3. The molecule has 1 heterocycles. The van der Waals surface area contributed by atoms with Crippen molar-refractivity contribution in [2.45, 2.75) is 18.2 Å². The van der Waals surface area contributed by atoms with E-state index < -0.39 is 6.36 Å². The van der Waals surface area contributed by atoms with Gasteiger partial charge < -0.3 is 13.9 Å². The van der Waals surface area contributed by atoms with Gasteiger partial charge in [0.15, 0.2) is 6.61 Å². The first kappa shape index (κ1) is 14.5. The fourth-order valence-corrected chi connectivity index (χ4v) is 1.56. The average Bonchev–Trinajstić information content (AvgIpc) is 2.84. The van der Waals surface area contributed by atoms with Gasteiger partial charge in [-0.3, -0.25) is 0 Å². The molecule has 20 heavy (non-hydrogen) atoms. The van der Waals surface area contributed by atoms with Gasteiger partial charge in [0, 0.05) is 0 Å². The van der Waals surface area contributed by atoms with Crippen LogP contribution in [-0.2, 0) is 6.61 Å². The molecule has 0 aliphatic carbocycles. The molecule has 1 aromatic carbocycles. The summed E-state index contributed by atoms with van der Waals surface area (Å²) in [6.07, 6.45) is -2.92. The standard InChI is InChI=1S/C11H9F3N2O3S/c1-20-10-16-15-9(18-10)6-17-7-2-4-8(5-3-7)19-11(12,13)14/h2-5H,6H2,1H3. The molecule has 0 spiro atoms. The molecule has 0 fully saturated rings. The zero-order valence-electron chi connectivity index (χ0n) is 10.2. The highest BCUT2D eigenvalue weighted by atomic mass is 32.2. The van der Waals surface area contributed by atoms with Crippen LogP contribution < -0.4 is 9.47 Å². The minimum Gasteiger partial charge on any atom is -0.484 e. The highest BCUT2D eigenvalue weighted by Gasteiger charge is 2.30. The first-order valence-corrected chi connectivity index (χ1v) is 6.54. The third-order valence-electron chi connectivity index (χ3n) is 2.04. The second kappa shape index (κ2) is 6.04. The van der Waals surface area contributed by atoms with Crippen molar-refractivity contribution in [1.29, 1.82) is 0 Å². The lowest BCUT2D eigenvalue weighted by molar-refractivity contribution is -0.274. The number of benzene rings is 1. The summed E-state index contributed by atoms with van der Waals surface area (Å²) in [5, 5.41) is 7.87. The molecule has 0 amide bonds. The van der Waals surface area contributed by atoms with Gasteiger partial charge >= 0.3 is 6.36 Å². The van der Waals surface area contributed by atoms with Crippen molar-refractivity contribution in [3.63, 3.8) is 0 Å². The number of aromatic nitrogens is 2. The van der Waals surface area contributed by atoms with E-state index in [0.717, 1.165) is 12.1 Å². The number of thioether (sulfide) groups is 1. The Bertz CT molecular complexity index is 557. The zero-order valence-corrected chi connectivity index (χ0v) is 11.0. The number of rotatable bonds is 5. The number of alkyl halides is 3. The van der Waals surface area contributed by atoms with Gasteiger partial charge in [-0.05, 0) is 30.5 Å². The molecule has 0 aliphatic heterocycles. The quantitative estimate of drug-likeness (QED) is 0.790. The maximum Gasteiger partial charge on any atom is 0.573 e. The van der Waals surface area contributed by atoms with Crippen LogP contribution in [0.1, 0.15) is 5.89 Å². The summed E-state index contributed by atoms with van der Waals surface area (Å²) in [5.74, 6) is 0.334. The van der Waals surface area contributed by atoms with Gasteiger partial charge in [-0.1, -0.05) is 11.8 Å². The Morgan fingerprint density at radius 1 is 1.15 bits per heavy atom. The summed E-state index contributed by atoms with van der Waals surface area (Å²) in [5.41, 5.74) is 0. The Morgan fingerprint density at radius 2 is 1.80 bits per heavy atom. The highest BCUT2D eigenvalue weighted by molar-refractivity contribution is 7.98. The molecular weight excluding hydrogens is 297 g/mol. The second-order valence-electron chi connectivity index (χ2n) is 3.47. The van der Waals surface area contributed by atoms with Crippen LogP contribution in [0.4, 0.5) is 13.2 Å². The van der Waals surface area contributed by atoms with E-state index in [1.54, 1.807) is 6.26 Å². The largest absolute Gasteiger partial charge is 0.573 e. The third kappa shape index (κ3) is 4.34. The first-order chi connectivity index (χ1) is 9.46. The summed E-state index contributed by atoms with van der Waals surface area (Å²) >= 11 is 1.30. The van der Waals surface area contributed by atoms with Crippen molar-refractivity contribution in [3.05, 3.63) is 30.2 Å². The molecule has 0 N–H and O–H groups in total. The third-order valence-corrected chi connectivity index (χ3v) is 2.56. The Morgan fingerprint density at radius 3 is 2.35 bits per heavy atom. The van der Waals surface area contributed by atoms with Crippen LogP contribution in [0.2, 0.25) is 0 Å². The fourth-order valence-electron chi connectivity index (χ4n) is 1.26. The lowest BCUT2D eigenvalue weighted by Crippen LogP contribution is -2.16. The van der Waals surface area contributed by atoms with Gasteiger partial charge in [0.1, 0.15) is 11.5 Å². The van der Waals surface area contributed by atoms with E-state index in [1.807, 2.05) is 0 Å². The van der Waals surface area contributed by atoms with Gasteiger partial charge in [-0.15, -0.1) is 23.4 Å². The van der Waals surface area contributed by atoms with E-state index in [-0.39, 0.29) is 18.2 Å². The topological polar surface area (TPSA) is 57.4 Å². The first-order valence-electron chi connectivity index (χ1n) is 5.31. The summed E-state index contributed by atoms with van der Waals surface area (Å²) in [6, 6.07) is 5.02. The number of hydrogen-bond acceptors (Lipinski definition) is 6. The maximum atomic E-state index is 12.0. The van der Waals surface area contributed by atoms with Crippen molar-refractivity contribution in [1.82, 2.24) is 10.2 Å². The number of nitrogens with zero attached hydrogens (tertiary/aromatic N) is 2. The fraction of sp³-hybridized carbons (Fsp3) is 0.273. The molecule has 0 saturated heterocycles. The minimum atomic E-state index is -4.71. The van der Waals surface area contributed by atoms with Gasteiger partial charge in [0.05, 0.1) is 0 Å². The van der Waals surface area contributed by atoms with Gasteiger partial charge in [0.25, 0.3) is 11.1 Å². The molecule has 2 aromatic rings. The number of halogens is 3. The summed E-state index contributed by atoms with van der Waals surface area (Å²) in [6.45, 7) is 0.0348. The van der Waals surface area contributed by atoms with Gasteiger partial charge in [-0.25, -0.2) is 0 Å². The molecule has 0 radical (unpaired) electrons. The van der Waals surface area contributed by atoms with Crippen LogP contribution in [0, 0.1) is 0 Å². The van der Waals surface area contributed by atoms with Gasteiger partial charge in [0.2, 0.25) is 0 Å². The number of hydrogen-bond donors (Lipinski definition) is 0. The van der Waals surface area contributed by atoms with E-state index in [4.69, 9.17) is 9.15 Å². The normalized spacial score (nSPS) is 11.4. The predicted octanol–water partition coefficient (Wildman–Crippen LogP) is 3.27. The summed E-state index contributed by atoms with van der Waals surface area (Å²) in [7, 11) is 0. The SMILES string of the molecule is CSc1nnc(COc2ccc(OC(F)(F)F)cc2)o1. The van der Waals surface area contributed by atoms with E-state index in [0.29, 0.717) is 11.0 Å². The van der Waals surface area contributed by atoms with Crippen LogP contribution in [0.5, 0.6) is 11.5 Å². The van der Waals surface area contributed by atoms with Crippen molar-refractivity contribution < 1.29 is 27.1 Å². The van der Waals surface area contributed by atoms with Crippen LogP contribution in [0.25, 0.3) is 0 Å². The molecule has 0 unspecified atom stereocenters. The van der Waals surface area contributed by atoms with Crippen LogP contribution in [0.15, 0.2) is 33.9 Å². The predicted molar refractivity (Wildman–Crippen MR) is 63.5 cm³/mol. The molecule has 0 atom stereocenters. The Kier molecular flexibility index (Phi) is 4.38. The molecule has 0 bridgehead atoms.